The summed E-state index contributed by atoms with van der Waals surface area (Å²) in [6.07, 6.45) is 0.403. The van der Waals surface area contributed by atoms with Crippen molar-refractivity contribution in [3.8, 4) is 5.75 Å². The fourth-order valence-corrected chi connectivity index (χ4v) is 2.82. The van der Waals surface area contributed by atoms with Gasteiger partial charge in [-0.3, -0.25) is 4.79 Å². The summed E-state index contributed by atoms with van der Waals surface area (Å²) in [7, 11) is 1.55. The summed E-state index contributed by atoms with van der Waals surface area (Å²) >= 11 is 0. The number of aliphatic carboxylic acids is 1. The molecule has 1 aromatic rings. The van der Waals surface area contributed by atoms with Crippen molar-refractivity contribution in [2.75, 3.05) is 43.6 Å². The van der Waals surface area contributed by atoms with Crippen LogP contribution in [0.1, 0.15) is 26.7 Å². The number of methoxy groups -OCH3 is 1. The molecular weight excluding hydrogens is 338 g/mol. The molecule has 26 heavy (non-hydrogen) atoms. The number of hydrogen-bond donors (Lipinski definition) is 3. The number of carbonyl (C=O) groups is 2. The number of benzene rings is 1. The van der Waals surface area contributed by atoms with E-state index < -0.39 is 12.0 Å². The van der Waals surface area contributed by atoms with Gasteiger partial charge in [-0.25, -0.2) is 4.79 Å². The average molecular weight is 365 g/mol. The molecular formula is C18H27N3O5. The fourth-order valence-electron chi connectivity index (χ4n) is 2.82. The molecule has 0 radical (unpaired) electrons. The molecule has 1 saturated heterocycles. The number of carbonyl (C=O) groups excluding carboxylic acids is 1. The van der Waals surface area contributed by atoms with E-state index in [4.69, 9.17) is 14.6 Å². The summed E-state index contributed by atoms with van der Waals surface area (Å²) < 4.78 is 11.1. The molecule has 8 heteroatoms. The third-order valence-corrected chi connectivity index (χ3v) is 4.08. The first-order chi connectivity index (χ1) is 12.3. The van der Waals surface area contributed by atoms with Crippen LogP contribution in [0.5, 0.6) is 5.75 Å². The Labute approximate surface area is 153 Å². The van der Waals surface area contributed by atoms with Crippen LogP contribution >= 0.6 is 0 Å². The zero-order valence-corrected chi connectivity index (χ0v) is 15.5. The van der Waals surface area contributed by atoms with Crippen molar-refractivity contribution in [3.63, 3.8) is 0 Å². The Kier molecular flexibility index (Phi) is 6.68. The van der Waals surface area contributed by atoms with Gasteiger partial charge in [0, 0.05) is 37.8 Å². The number of morpholine rings is 1. The van der Waals surface area contributed by atoms with Crippen molar-refractivity contribution >= 4 is 23.4 Å². The van der Waals surface area contributed by atoms with E-state index in [1.807, 2.05) is 12.1 Å². The van der Waals surface area contributed by atoms with Crippen LogP contribution in [-0.4, -0.2) is 56.1 Å². The maximum absolute atomic E-state index is 11.9. The number of amides is 2. The molecule has 0 atom stereocenters. The number of carboxylic acid groups (broad SMARTS) is 1. The molecule has 0 spiro atoms. The van der Waals surface area contributed by atoms with E-state index in [1.54, 1.807) is 13.2 Å². The molecule has 8 nitrogen and oxygen atoms in total. The van der Waals surface area contributed by atoms with Gasteiger partial charge in [0.05, 0.1) is 25.0 Å². The summed E-state index contributed by atoms with van der Waals surface area (Å²) in [6.45, 7) is 6.63. The Bertz CT molecular complexity index is 648. The fraction of sp³-hybridized carbons (Fsp3) is 0.556. The lowest BCUT2D eigenvalue weighted by atomic mass is 10.1. The van der Waals surface area contributed by atoms with Crippen LogP contribution in [0.4, 0.5) is 16.2 Å². The molecule has 2 amide bonds. The highest BCUT2D eigenvalue weighted by molar-refractivity contribution is 5.91. The maximum Gasteiger partial charge on any atom is 0.319 e. The molecule has 144 valence electrons. The van der Waals surface area contributed by atoms with E-state index in [1.165, 1.54) is 0 Å². The second-order valence-corrected chi connectivity index (χ2v) is 6.79. The van der Waals surface area contributed by atoms with Gasteiger partial charge < -0.3 is 30.1 Å². The predicted octanol–water partition coefficient (Wildman–Crippen LogP) is 2.30. The Morgan fingerprint density at radius 1 is 1.38 bits per heavy atom. The highest BCUT2D eigenvalue weighted by Crippen LogP contribution is 2.31. The number of nitrogens with zero attached hydrogens (tertiary/aromatic N) is 1. The summed E-state index contributed by atoms with van der Waals surface area (Å²) in [5.41, 5.74) is 1.35. The highest BCUT2D eigenvalue weighted by Gasteiger charge is 2.27. The predicted molar refractivity (Wildman–Crippen MR) is 99.1 cm³/mol. The minimum absolute atomic E-state index is 0.0220. The number of carboxylic acids is 1. The summed E-state index contributed by atoms with van der Waals surface area (Å²) in [5.74, 6) is -0.316. The molecule has 1 aromatic carbocycles. The van der Waals surface area contributed by atoms with E-state index in [9.17, 15) is 9.59 Å². The minimum atomic E-state index is -0.879. The molecule has 0 aromatic heterocycles. The molecule has 1 aliphatic rings. The largest absolute Gasteiger partial charge is 0.494 e. The molecule has 1 heterocycles. The van der Waals surface area contributed by atoms with E-state index in [-0.39, 0.29) is 12.0 Å². The topological polar surface area (TPSA) is 100 Å². The van der Waals surface area contributed by atoms with E-state index in [0.717, 1.165) is 18.8 Å². The van der Waals surface area contributed by atoms with E-state index in [0.29, 0.717) is 31.0 Å². The first-order valence-corrected chi connectivity index (χ1v) is 8.64. The van der Waals surface area contributed by atoms with Crippen LogP contribution in [0.25, 0.3) is 0 Å². The van der Waals surface area contributed by atoms with Gasteiger partial charge in [0.15, 0.2) is 0 Å². The van der Waals surface area contributed by atoms with Gasteiger partial charge in [-0.15, -0.1) is 0 Å². The van der Waals surface area contributed by atoms with Gasteiger partial charge in [0.1, 0.15) is 5.75 Å². The Morgan fingerprint density at radius 2 is 2.15 bits per heavy atom. The lowest BCUT2D eigenvalue weighted by Gasteiger charge is -2.39. The van der Waals surface area contributed by atoms with Crippen LogP contribution in [0.15, 0.2) is 18.2 Å². The summed E-state index contributed by atoms with van der Waals surface area (Å²) in [5, 5.41) is 14.0. The first-order valence-electron chi connectivity index (χ1n) is 8.64. The third kappa shape index (κ3) is 5.80. The Hall–Kier alpha value is -2.48. The normalized spacial score (nSPS) is 16.0. The number of ether oxygens (including phenoxy) is 2. The second kappa shape index (κ2) is 8.75. The number of rotatable bonds is 7. The van der Waals surface area contributed by atoms with Crippen molar-refractivity contribution in [3.05, 3.63) is 18.2 Å². The highest BCUT2D eigenvalue weighted by atomic mass is 16.5. The number of anilines is 2. The van der Waals surface area contributed by atoms with E-state index >= 15 is 0 Å². The van der Waals surface area contributed by atoms with Gasteiger partial charge in [0.2, 0.25) is 0 Å². The van der Waals surface area contributed by atoms with Crippen molar-refractivity contribution in [1.82, 2.24) is 5.32 Å². The molecule has 1 aliphatic heterocycles. The van der Waals surface area contributed by atoms with Gasteiger partial charge in [-0.2, -0.15) is 0 Å². The Balaban J connectivity index is 1.97. The van der Waals surface area contributed by atoms with Gasteiger partial charge in [-0.1, -0.05) is 0 Å². The zero-order chi connectivity index (χ0) is 19.2. The molecule has 0 aliphatic carbocycles. The average Bonchev–Trinajstić information content (AvgIpc) is 2.58. The van der Waals surface area contributed by atoms with Crippen molar-refractivity contribution in [2.45, 2.75) is 32.3 Å². The molecule has 1 fully saturated rings. The van der Waals surface area contributed by atoms with Crippen molar-refractivity contribution < 1.29 is 24.2 Å². The van der Waals surface area contributed by atoms with Crippen LogP contribution in [0, 0.1) is 0 Å². The molecule has 0 saturated carbocycles. The second-order valence-electron chi connectivity index (χ2n) is 6.79. The smallest absolute Gasteiger partial charge is 0.319 e. The third-order valence-electron chi connectivity index (χ3n) is 4.08. The van der Waals surface area contributed by atoms with E-state index in [2.05, 4.69) is 29.4 Å². The van der Waals surface area contributed by atoms with Crippen LogP contribution in [0.3, 0.4) is 0 Å². The van der Waals surface area contributed by atoms with Crippen molar-refractivity contribution in [1.29, 1.82) is 0 Å². The SMILES string of the molecule is COc1cc(N2CCOC(C)(C)C2)ccc1NC(=O)NCCCC(=O)O. The quantitative estimate of drug-likeness (QED) is 0.641. The van der Waals surface area contributed by atoms with Gasteiger partial charge in [-0.05, 0) is 32.4 Å². The van der Waals surface area contributed by atoms with Crippen LogP contribution in [-0.2, 0) is 9.53 Å². The monoisotopic (exact) mass is 365 g/mol. The minimum Gasteiger partial charge on any atom is -0.494 e. The molecule has 2 rings (SSSR count). The first kappa shape index (κ1) is 19.8. The van der Waals surface area contributed by atoms with Crippen LogP contribution < -0.4 is 20.3 Å². The van der Waals surface area contributed by atoms with Crippen molar-refractivity contribution in [2.24, 2.45) is 0 Å². The van der Waals surface area contributed by atoms with Crippen LogP contribution in [0.2, 0.25) is 0 Å². The van der Waals surface area contributed by atoms with Gasteiger partial charge >= 0.3 is 12.0 Å². The lowest BCUT2D eigenvalue weighted by molar-refractivity contribution is -0.137. The molecule has 0 unspecified atom stereocenters. The number of nitrogens with one attached hydrogen (secondary N) is 2. The van der Waals surface area contributed by atoms with Gasteiger partial charge in [0.25, 0.3) is 0 Å². The number of urea groups is 1. The summed E-state index contributed by atoms with van der Waals surface area (Å²) in [4.78, 5) is 24.6. The Morgan fingerprint density at radius 3 is 2.81 bits per heavy atom. The standard InChI is InChI=1S/C18H27N3O5/c1-18(2)12-21(9-10-26-18)13-6-7-14(15(11-13)25-3)20-17(24)19-8-4-5-16(22)23/h6-7,11H,4-5,8-10,12H2,1-3H3,(H,22,23)(H2,19,20,24). The molecule has 3 N–H and O–H groups in total. The summed E-state index contributed by atoms with van der Waals surface area (Å²) in [6, 6.07) is 5.23. The zero-order valence-electron chi connectivity index (χ0n) is 15.5. The molecule has 0 bridgehead atoms. The number of hydrogen-bond acceptors (Lipinski definition) is 5. The maximum atomic E-state index is 11.9. The lowest BCUT2D eigenvalue weighted by Crippen LogP contribution is -2.48.